The number of carbonyl (C=O) groups excluding carboxylic acids is 1. The van der Waals surface area contributed by atoms with Crippen LogP contribution in [0.15, 0.2) is 54.7 Å². The molecular formula is C17H15N3O. The molecular weight excluding hydrogens is 262 g/mol. The van der Waals surface area contributed by atoms with Gasteiger partial charge in [0.1, 0.15) is 0 Å². The molecule has 0 radical (unpaired) electrons. The standard InChI is InChI=1S/C17H15N3O/c1-11-6-2-4-8-14(11)20-16-12-7-3-5-9-15(12)19-10-13(16)17(18)21/h2-10H,1H3,(H2,18,21)(H,19,20). The minimum atomic E-state index is -0.496. The Morgan fingerprint density at radius 3 is 2.57 bits per heavy atom. The van der Waals surface area contributed by atoms with Crippen LogP contribution < -0.4 is 11.1 Å². The fourth-order valence-corrected chi connectivity index (χ4v) is 2.31. The number of para-hydroxylation sites is 2. The molecule has 1 heterocycles. The number of rotatable bonds is 3. The summed E-state index contributed by atoms with van der Waals surface area (Å²) in [6.45, 7) is 2.01. The van der Waals surface area contributed by atoms with Crippen LogP contribution in [0.5, 0.6) is 0 Å². The zero-order valence-corrected chi connectivity index (χ0v) is 11.6. The van der Waals surface area contributed by atoms with Gasteiger partial charge in [-0.25, -0.2) is 0 Å². The Bertz CT molecular complexity index is 827. The fraction of sp³-hybridized carbons (Fsp3) is 0.0588. The van der Waals surface area contributed by atoms with Crippen LogP contribution >= 0.6 is 0 Å². The summed E-state index contributed by atoms with van der Waals surface area (Å²) in [5, 5.41) is 4.20. The van der Waals surface area contributed by atoms with Crippen LogP contribution in [-0.2, 0) is 0 Å². The summed E-state index contributed by atoms with van der Waals surface area (Å²) in [7, 11) is 0. The molecule has 0 fully saturated rings. The average molecular weight is 277 g/mol. The maximum absolute atomic E-state index is 11.7. The lowest BCUT2D eigenvalue weighted by Gasteiger charge is -2.14. The number of nitrogens with two attached hydrogens (primary N) is 1. The smallest absolute Gasteiger partial charge is 0.252 e. The monoisotopic (exact) mass is 277 g/mol. The Morgan fingerprint density at radius 2 is 1.81 bits per heavy atom. The molecule has 0 aliphatic heterocycles. The summed E-state index contributed by atoms with van der Waals surface area (Å²) in [6, 6.07) is 15.6. The van der Waals surface area contributed by atoms with Crippen molar-refractivity contribution in [1.82, 2.24) is 4.98 Å². The number of anilines is 2. The normalized spacial score (nSPS) is 10.5. The number of primary amides is 1. The first kappa shape index (κ1) is 13.1. The fourth-order valence-electron chi connectivity index (χ4n) is 2.31. The lowest BCUT2D eigenvalue weighted by atomic mass is 10.1. The number of amides is 1. The molecule has 2 aromatic carbocycles. The zero-order chi connectivity index (χ0) is 14.8. The van der Waals surface area contributed by atoms with Gasteiger partial charge >= 0.3 is 0 Å². The van der Waals surface area contributed by atoms with Gasteiger partial charge in [0, 0.05) is 17.3 Å². The van der Waals surface area contributed by atoms with Crippen molar-refractivity contribution in [3.8, 4) is 0 Å². The lowest BCUT2D eigenvalue weighted by molar-refractivity contribution is 0.100. The van der Waals surface area contributed by atoms with Gasteiger partial charge in [-0.15, -0.1) is 0 Å². The topological polar surface area (TPSA) is 68.0 Å². The molecule has 4 nitrogen and oxygen atoms in total. The first-order valence-electron chi connectivity index (χ1n) is 6.67. The number of pyridine rings is 1. The van der Waals surface area contributed by atoms with Crippen LogP contribution in [0.1, 0.15) is 15.9 Å². The van der Waals surface area contributed by atoms with Gasteiger partial charge in [0.25, 0.3) is 5.91 Å². The van der Waals surface area contributed by atoms with Crippen LogP contribution in [-0.4, -0.2) is 10.9 Å². The van der Waals surface area contributed by atoms with E-state index in [2.05, 4.69) is 10.3 Å². The molecule has 1 aromatic heterocycles. The molecule has 0 atom stereocenters. The molecule has 0 saturated heterocycles. The van der Waals surface area contributed by atoms with E-state index in [0.29, 0.717) is 11.3 Å². The predicted octanol–water partition coefficient (Wildman–Crippen LogP) is 3.39. The highest BCUT2D eigenvalue weighted by atomic mass is 16.1. The first-order chi connectivity index (χ1) is 10.2. The molecule has 0 unspecified atom stereocenters. The molecule has 0 aliphatic carbocycles. The van der Waals surface area contributed by atoms with Gasteiger partial charge in [0.15, 0.2) is 0 Å². The number of hydrogen-bond donors (Lipinski definition) is 2. The Kier molecular flexibility index (Phi) is 3.28. The third-order valence-electron chi connectivity index (χ3n) is 3.45. The molecule has 3 N–H and O–H groups in total. The van der Waals surface area contributed by atoms with E-state index in [1.165, 1.54) is 6.20 Å². The highest BCUT2D eigenvalue weighted by molar-refractivity contribution is 6.07. The first-order valence-corrected chi connectivity index (χ1v) is 6.67. The van der Waals surface area contributed by atoms with Gasteiger partial charge in [-0.1, -0.05) is 36.4 Å². The Balaban J connectivity index is 2.21. The highest BCUT2D eigenvalue weighted by Crippen LogP contribution is 2.29. The number of benzene rings is 2. The molecule has 0 spiro atoms. The van der Waals surface area contributed by atoms with Crippen molar-refractivity contribution in [3.63, 3.8) is 0 Å². The summed E-state index contributed by atoms with van der Waals surface area (Å²) in [4.78, 5) is 16.0. The summed E-state index contributed by atoms with van der Waals surface area (Å²) in [6.07, 6.45) is 1.52. The van der Waals surface area contributed by atoms with E-state index >= 15 is 0 Å². The van der Waals surface area contributed by atoms with Crippen LogP contribution in [0.2, 0.25) is 0 Å². The third-order valence-corrected chi connectivity index (χ3v) is 3.45. The van der Waals surface area contributed by atoms with E-state index in [0.717, 1.165) is 22.2 Å². The maximum atomic E-state index is 11.7. The summed E-state index contributed by atoms with van der Waals surface area (Å²) < 4.78 is 0. The molecule has 0 aliphatic rings. The van der Waals surface area contributed by atoms with E-state index in [1.54, 1.807) is 0 Å². The van der Waals surface area contributed by atoms with Crippen LogP contribution in [0.25, 0.3) is 10.9 Å². The van der Waals surface area contributed by atoms with Crippen molar-refractivity contribution in [2.75, 3.05) is 5.32 Å². The number of carbonyl (C=O) groups is 1. The Morgan fingerprint density at radius 1 is 1.10 bits per heavy atom. The van der Waals surface area contributed by atoms with Crippen LogP contribution in [0, 0.1) is 6.92 Å². The summed E-state index contributed by atoms with van der Waals surface area (Å²) in [5.74, 6) is -0.496. The van der Waals surface area contributed by atoms with Gasteiger partial charge < -0.3 is 11.1 Å². The second-order valence-electron chi connectivity index (χ2n) is 4.87. The van der Waals surface area contributed by atoms with Crippen molar-refractivity contribution < 1.29 is 4.79 Å². The van der Waals surface area contributed by atoms with Crippen molar-refractivity contribution >= 4 is 28.2 Å². The number of hydrogen-bond acceptors (Lipinski definition) is 3. The van der Waals surface area contributed by atoms with Gasteiger partial charge in [0.05, 0.1) is 16.8 Å². The minimum Gasteiger partial charge on any atom is -0.365 e. The molecule has 3 aromatic rings. The predicted molar refractivity (Wildman–Crippen MR) is 84.7 cm³/mol. The number of aryl methyl sites for hydroxylation is 1. The highest BCUT2D eigenvalue weighted by Gasteiger charge is 2.13. The van der Waals surface area contributed by atoms with E-state index < -0.39 is 5.91 Å². The van der Waals surface area contributed by atoms with Gasteiger partial charge in [0.2, 0.25) is 0 Å². The Hall–Kier alpha value is -2.88. The van der Waals surface area contributed by atoms with Crippen molar-refractivity contribution in [3.05, 3.63) is 65.9 Å². The summed E-state index contributed by atoms with van der Waals surface area (Å²) in [5.41, 5.74) is 9.41. The van der Waals surface area contributed by atoms with Crippen LogP contribution in [0.4, 0.5) is 11.4 Å². The molecule has 104 valence electrons. The minimum absolute atomic E-state index is 0.386. The van der Waals surface area contributed by atoms with E-state index in [4.69, 9.17) is 5.73 Å². The number of fused-ring (bicyclic) bond motifs is 1. The second-order valence-corrected chi connectivity index (χ2v) is 4.87. The molecule has 3 rings (SSSR count). The molecule has 21 heavy (non-hydrogen) atoms. The van der Waals surface area contributed by atoms with Crippen molar-refractivity contribution in [2.24, 2.45) is 5.73 Å². The van der Waals surface area contributed by atoms with E-state index in [9.17, 15) is 4.79 Å². The number of nitrogens with one attached hydrogen (secondary N) is 1. The molecule has 4 heteroatoms. The van der Waals surface area contributed by atoms with E-state index in [1.807, 2.05) is 55.5 Å². The van der Waals surface area contributed by atoms with Gasteiger partial charge in [-0.05, 0) is 24.6 Å². The average Bonchev–Trinajstić information content (AvgIpc) is 2.49. The zero-order valence-electron chi connectivity index (χ0n) is 11.6. The van der Waals surface area contributed by atoms with Crippen molar-refractivity contribution in [1.29, 1.82) is 0 Å². The third kappa shape index (κ3) is 2.43. The van der Waals surface area contributed by atoms with Crippen LogP contribution in [0.3, 0.4) is 0 Å². The second kappa shape index (κ2) is 5.25. The summed E-state index contributed by atoms with van der Waals surface area (Å²) >= 11 is 0. The lowest BCUT2D eigenvalue weighted by Crippen LogP contribution is -2.14. The molecule has 0 saturated carbocycles. The Labute approximate surface area is 122 Å². The number of aromatic nitrogens is 1. The SMILES string of the molecule is Cc1ccccc1Nc1c(C(N)=O)cnc2ccccc12. The van der Waals surface area contributed by atoms with Gasteiger partial charge in [-0.2, -0.15) is 0 Å². The van der Waals surface area contributed by atoms with Gasteiger partial charge in [-0.3, -0.25) is 9.78 Å². The van der Waals surface area contributed by atoms with E-state index in [-0.39, 0.29) is 0 Å². The number of nitrogens with zero attached hydrogens (tertiary/aromatic N) is 1. The quantitative estimate of drug-likeness (QED) is 0.771. The molecule has 0 bridgehead atoms. The molecule has 1 amide bonds. The van der Waals surface area contributed by atoms with Crippen molar-refractivity contribution in [2.45, 2.75) is 6.92 Å². The largest absolute Gasteiger partial charge is 0.365 e. The maximum Gasteiger partial charge on any atom is 0.252 e.